The quantitative estimate of drug-likeness (QED) is 0.743. The Morgan fingerprint density at radius 1 is 1.10 bits per heavy atom. The molecule has 0 fully saturated rings. The van der Waals surface area contributed by atoms with Crippen molar-refractivity contribution < 1.29 is 4.79 Å². The Balaban J connectivity index is 1.82. The van der Waals surface area contributed by atoms with E-state index in [1.54, 1.807) is 35.9 Å². The van der Waals surface area contributed by atoms with Crippen LogP contribution in [0.15, 0.2) is 60.4 Å². The van der Waals surface area contributed by atoms with Gasteiger partial charge in [-0.1, -0.05) is 18.2 Å². The third-order valence-electron chi connectivity index (χ3n) is 3.14. The highest BCUT2D eigenvalue weighted by molar-refractivity contribution is 7.13. The second-order valence-corrected chi connectivity index (χ2v) is 5.38. The largest absolute Gasteiger partial charge is 0.311 e. The number of rotatable bonds is 3. The average molecular weight is 295 g/mol. The highest BCUT2D eigenvalue weighted by Crippen LogP contribution is 2.21. The molecule has 0 N–H and O–H groups in total. The van der Waals surface area contributed by atoms with Gasteiger partial charge >= 0.3 is 0 Å². The van der Waals surface area contributed by atoms with Crippen molar-refractivity contribution in [2.45, 2.75) is 0 Å². The van der Waals surface area contributed by atoms with Gasteiger partial charge in [0.15, 0.2) is 0 Å². The molecule has 0 saturated heterocycles. The van der Waals surface area contributed by atoms with Gasteiger partial charge in [-0.25, -0.2) is 0 Å². The summed E-state index contributed by atoms with van der Waals surface area (Å²) in [6.07, 6.45) is 3.38. The first-order valence-corrected chi connectivity index (χ1v) is 7.31. The van der Waals surface area contributed by atoms with Crippen LogP contribution in [0.2, 0.25) is 0 Å². The fourth-order valence-corrected chi connectivity index (χ4v) is 2.57. The monoisotopic (exact) mass is 295 g/mol. The highest BCUT2D eigenvalue weighted by atomic mass is 32.1. The summed E-state index contributed by atoms with van der Waals surface area (Å²) in [6.45, 7) is 0. The first-order valence-electron chi connectivity index (χ1n) is 6.44. The molecule has 0 bridgehead atoms. The molecule has 0 saturated carbocycles. The Hall–Kier alpha value is -2.53. The van der Waals surface area contributed by atoms with Crippen LogP contribution in [0.4, 0.5) is 5.69 Å². The number of amides is 1. The number of nitrogens with zero attached hydrogens (tertiary/aromatic N) is 3. The smallest absolute Gasteiger partial charge is 0.259 e. The van der Waals surface area contributed by atoms with Crippen molar-refractivity contribution in [2.24, 2.45) is 0 Å². The van der Waals surface area contributed by atoms with E-state index in [0.29, 0.717) is 5.56 Å². The van der Waals surface area contributed by atoms with Crippen molar-refractivity contribution in [3.05, 3.63) is 65.9 Å². The maximum Gasteiger partial charge on any atom is 0.259 e. The summed E-state index contributed by atoms with van der Waals surface area (Å²) in [4.78, 5) is 23.4. The van der Waals surface area contributed by atoms with Crippen LogP contribution >= 0.6 is 11.3 Å². The molecule has 3 rings (SSSR count). The lowest BCUT2D eigenvalue weighted by atomic mass is 10.2. The van der Waals surface area contributed by atoms with E-state index >= 15 is 0 Å². The number of hydrogen-bond acceptors (Lipinski definition) is 4. The summed E-state index contributed by atoms with van der Waals surface area (Å²) in [5.74, 6) is -0.0791. The van der Waals surface area contributed by atoms with E-state index in [1.165, 1.54) is 11.3 Å². The Labute approximate surface area is 126 Å². The van der Waals surface area contributed by atoms with Gasteiger partial charge in [0, 0.05) is 25.1 Å². The van der Waals surface area contributed by atoms with Gasteiger partial charge in [0.2, 0.25) is 0 Å². The van der Waals surface area contributed by atoms with Crippen LogP contribution < -0.4 is 4.90 Å². The number of aromatic nitrogens is 2. The summed E-state index contributed by atoms with van der Waals surface area (Å²) < 4.78 is 0. The van der Waals surface area contributed by atoms with E-state index in [2.05, 4.69) is 9.97 Å². The van der Waals surface area contributed by atoms with Crippen LogP contribution in [0.25, 0.3) is 10.6 Å². The minimum absolute atomic E-state index is 0.0791. The van der Waals surface area contributed by atoms with E-state index in [9.17, 15) is 4.79 Å². The lowest BCUT2D eigenvalue weighted by Gasteiger charge is -2.17. The molecule has 4 nitrogen and oxygen atoms in total. The molecule has 2 aromatic heterocycles. The summed E-state index contributed by atoms with van der Waals surface area (Å²) in [6, 6.07) is 13.2. The van der Waals surface area contributed by atoms with E-state index < -0.39 is 0 Å². The first kappa shape index (κ1) is 13.5. The number of para-hydroxylation sites is 1. The van der Waals surface area contributed by atoms with Gasteiger partial charge < -0.3 is 4.90 Å². The molecule has 0 atom stereocenters. The summed E-state index contributed by atoms with van der Waals surface area (Å²) in [5.41, 5.74) is 4.01. The van der Waals surface area contributed by atoms with E-state index in [4.69, 9.17) is 0 Å². The minimum Gasteiger partial charge on any atom is -0.311 e. The number of pyridine rings is 1. The summed E-state index contributed by atoms with van der Waals surface area (Å²) >= 11 is 1.52. The van der Waals surface area contributed by atoms with Crippen LogP contribution in [0, 0.1) is 0 Å². The first-order chi connectivity index (χ1) is 10.3. The van der Waals surface area contributed by atoms with E-state index in [0.717, 1.165) is 16.3 Å². The zero-order valence-electron chi connectivity index (χ0n) is 11.4. The number of anilines is 1. The molecule has 1 aromatic carbocycles. The molecule has 5 heteroatoms. The standard InChI is InChI=1S/C16H13N3OS/c1-19(13-5-3-2-4-6-13)16(20)12-7-8-14(18-9-12)15-10-17-11-21-15/h2-11H,1H3. The fourth-order valence-electron chi connectivity index (χ4n) is 1.97. The Kier molecular flexibility index (Phi) is 3.75. The predicted molar refractivity (Wildman–Crippen MR) is 84.5 cm³/mol. The van der Waals surface area contributed by atoms with Gasteiger partial charge in [0.1, 0.15) is 0 Å². The fraction of sp³-hybridized carbons (Fsp3) is 0.0625. The molecule has 0 aliphatic carbocycles. The molecule has 0 unspecified atom stereocenters. The number of thiazole rings is 1. The zero-order valence-corrected chi connectivity index (χ0v) is 12.2. The van der Waals surface area contributed by atoms with Crippen molar-refractivity contribution >= 4 is 22.9 Å². The molecule has 0 spiro atoms. The number of hydrogen-bond donors (Lipinski definition) is 0. The van der Waals surface area contributed by atoms with Crippen molar-refractivity contribution in [1.29, 1.82) is 0 Å². The van der Waals surface area contributed by atoms with Crippen LogP contribution in [0.3, 0.4) is 0 Å². The van der Waals surface area contributed by atoms with Gasteiger partial charge in [0.25, 0.3) is 5.91 Å². The molecule has 21 heavy (non-hydrogen) atoms. The molecule has 0 aliphatic rings. The third kappa shape index (κ3) is 2.83. The molecule has 2 heterocycles. The van der Waals surface area contributed by atoms with Crippen LogP contribution in [-0.4, -0.2) is 22.9 Å². The molecular weight excluding hydrogens is 282 g/mol. The summed E-state index contributed by atoms with van der Waals surface area (Å²) in [5, 5.41) is 0. The van der Waals surface area contributed by atoms with Crippen molar-refractivity contribution in [2.75, 3.05) is 11.9 Å². The van der Waals surface area contributed by atoms with Crippen molar-refractivity contribution in [3.8, 4) is 10.6 Å². The maximum atomic E-state index is 12.4. The predicted octanol–water partition coefficient (Wildman–Crippen LogP) is 3.48. The van der Waals surface area contributed by atoms with Gasteiger partial charge in [-0.15, -0.1) is 11.3 Å². The topological polar surface area (TPSA) is 46.1 Å². The van der Waals surface area contributed by atoms with Crippen molar-refractivity contribution in [1.82, 2.24) is 9.97 Å². The summed E-state index contributed by atoms with van der Waals surface area (Å²) in [7, 11) is 1.76. The number of carbonyl (C=O) groups excluding carboxylic acids is 1. The molecule has 0 radical (unpaired) electrons. The van der Waals surface area contributed by atoms with E-state index in [1.807, 2.05) is 36.4 Å². The van der Waals surface area contributed by atoms with Crippen LogP contribution in [-0.2, 0) is 0 Å². The molecule has 1 amide bonds. The lowest BCUT2D eigenvalue weighted by molar-refractivity contribution is 0.0992. The zero-order chi connectivity index (χ0) is 14.7. The second kappa shape index (κ2) is 5.85. The lowest BCUT2D eigenvalue weighted by Crippen LogP contribution is -2.26. The number of benzene rings is 1. The van der Waals surface area contributed by atoms with Gasteiger partial charge in [-0.2, -0.15) is 0 Å². The van der Waals surface area contributed by atoms with E-state index in [-0.39, 0.29) is 5.91 Å². The van der Waals surface area contributed by atoms with Crippen LogP contribution in [0.5, 0.6) is 0 Å². The highest BCUT2D eigenvalue weighted by Gasteiger charge is 2.14. The second-order valence-electron chi connectivity index (χ2n) is 4.50. The SMILES string of the molecule is CN(C(=O)c1ccc(-c2cncs2)nc1)c1ccccc1. The molecule has 3 aromatic rings. The molecule has 104 valence electrons. The molecular formula is C16H13N3OS. The van der Waals surface area contributed by atoms with Gasteiger partial charge in [-0.05, 0) is 24.3 Å². The van der Waals surface area contributed by atoms with Gasteiger partial charge in [0.05, 0.1) is 21.6 Å². The third-order valence-corrected chi connectivity index (χ3v) is 3.94. The minimum atomic E-state index is -0.0791. The maximum absolute atomic E-state index is 12.4. The van der Waals surface area contributed by atoms with Crippen LogP contribution in [0.1, 0.15) is 10.4 Å². The number of carbonyl (C=O) groups is 1. The Bertz CT molecular complexity index is 724. The average Bonchev–Trinajstić information content (AvgIpc) is 3.09. The normalized spacial score (nSPS) is 10.3. The van der Waals surface area contributed by atoms with Gasteiger partial charge in [-0.3, -0.25) is 14.8 Å². The Morgan fingerprint density at radius 2 is 1.90 bits per heavy atom. The van der Waals surface area contributed by atoms with Crippen molar-refractivity contribution in [3.63, 3.8) is 0 Å². The Morgan fingerprint density at radius 3 is 2.52 bits per heavy atom. The molecule has 0 aliphatic heterocycles.